The van der Waals surface area contributed by atoms with Crippen LogP contribution in [0.15, 0.2) is 36.9 Å². The van der Waals surface area contributed by atoms with Crippen molar-refractivity contribution in [3.63, 3.8) is 0 Å². The van der Waals surface area contributed by atoms with Crippen LogP contribution in [0.4, 0.5) is 0 Å². The summed E-state index contributed by atoms with van der Waals surface area (Å²) in [5.74, 6) is 0.260. The van der Waals surface area contributed by atoms with E-state index >= 15 is 0 Å². The van der Waals surface area contributed by atoms with Crippen molar-refractivity contribution in [3.8, 4) is 5.69 Å². The second kappa shape index (κ2) is 7.40. The zero-order chi connectivity index (χ0) is 16.1. The minimum absolute atomic E-state index is 0.260. The second-order valence-electron chi connectivity index (χ2n) is 6.21. The first-order valence-electron chi connectivity index (χ1n) is 8.51. The lowest BCUT2D eigenvalue weighted by Gasteiger charge is -2.29. The highest BCUT2D eigenvalue weighted by Gasteiger charge is 2.23. The molecular weight excluding hydrogens is 288 g/mol. The maximum Gasteiger partial charge on any atom is 0.227 e. The molecule has 1 aliphatic heterocycles. The van der Waals surface area contributed by atoms with Gasteiger partial charge in [0.25, 0.3) is 0 Å². The summed E-state index contributed by atoms with van der Waals surface area (Å²) in [4.78, 5) is 14.8. The molecule has 1 saturated heterocycles. The molecule has 23 heavy (non-hydrogen) atoms. The molecule has 0 bridgehead atoms. The van der Waals surface area contributed by atoms with Crippen LogP contribution in [-0.4, -0.2) is 38.2 Å². The Morgan fingerprint density at radius 3 is 2.57 bits per heavy atom. The van der Waals surface area contributed by atoms with Crippen molar-refractivity contribution in [2.75, 3.05) is 6.54 Å². The number of aromatic nitrogens is 3. The van der Waals surface area contributed by atoms with Gasteiger partial charge >= 0.3 is 0 Å². The van der Waals surface area contributed by atoms with Crippen LogP contribution < -0.4 is 0 Å². The maximum atomic E-state index is 12.7. The van der Waals surface area contributed by atoms with E-state index in [2.05, 4.69) is 22.0 Å². The smallest absolute Gasteiger partial charge is 0.227 e. The van der Waals surface area contributed by atoms with E-state index in [1.807, 2.05) is 28.8 Å². The zero-order valence-corrected chi connectivity index (χ0v) is 13.7. The summed E-state index contributed by atoms with van der Waals surface area (Å²) in [5.41, 5.74) is 2.07. The van der Waals surface area contributed by atoms with Gasteiger partial charge in [-0.15, -0.1) is 10.2 Å². The monoisotopic (exact) mass is 312 g/mol. The first-order chi connectivity index (χ1) is 11.3. The number of benzene rings is 1. The van der Waals surface area contributed by atoms with Gasteiger partial charge in [-0.2, -0.15) is 0 Å². The Bertz CT molecular complexity index is 621. The molecule has 0 spiro atoms. The van der Waals surface area contributed by atoms with E-state index in [1.165, 1.54) is 12.8 Å². The lowest BCUT2D eigenvalue weighted by Crippen LogP contribution is -2.40. The first kappa shape index (κ1) is 15.7. The summed E-state index contributed by atoms with van der Waals surface area (Å²) in [7, 11) is 0. The summed E-state index contributed by atoms with van der Waals surface area (Å²) < 4.78 is 1.85. The van der Waals surface area contributed by atoms with E-state index in [-0.39, 0.29) is 5.91 Å². The van der Waals surface area contributed by atoms with Gasteiger partial charge in [-0.25, -0.2) is 0 Å². The Hall–Kier alpha value is -2.17. The SMILES string of the molecule is CC[C@H]1CCCCCN1C(=O)Cc1ccc(-n2cnnc2)cc1. The van der Waals surface area contributed by atoms with Gasteiger partial charge < -0.3 is 4.90 Å². The van der Waals surface area contributed by atoms with Crippen LogP contribution in [0.5, 0.6) is 0 Å². The molecule has 1 amide bonds. The largest absolute Gasteiger partial charge is 0.339 e. The molecule has 3 rings (SSSR count). The highest BCUT2D eigenvalue weighted by atomic mass is 16.2. The maximum absolute atomic E-state index is 12.7. The molecule has 1 aromatic carbocycles. The number of hydrogen-bond acceptors (Lipinski definition) is 3. The zero-order valence-electron chi connectivity index (χ0n) is 13.7. The third-order valence-electron chi connectivity index (χ3n) is 4.68. The van der Waals surface area contributed by atoms with Crippen molar-refractivity contribution in [2.45, 2.75) is 51.5 Å². The summed E-state index contributed by atoms with van der Waals surface area (Å²) in [6, 6.07) is 8.47. The Morgan fingerprint density at radius 1 is 1.13 bits per heavy atom. The molecule has 0 N–H and O–H groups in total. The number of hydrogen-bond donors (Lipinski definition) is 0. The molecule has 0 unspecified atom stereocenters. The molecule has 1 fully saturated rings. The highest BCUT2D eigenvalue weighted by Crippen LogP contribution is 2.20. The van der Waals surface area contributed by atoms with E-state index in [0.29, 0.717) is 12.5 Å². The Kier molecular flexibility index (Phi) is 5.05. The fraction of sp³-hybridized carbons (Fsp3) is 0.500. The summed E-state index contributed by atoms with van der Waals surface area (Å²) in [5, 5.41) is 7.62. The normalized spacial score (nSPS) is 18.7. The molecule has 122 valence electrons. The molecule has 1 aliphatic rings. The summed E-state index contributed by atoms with van der Waals surface area (Å²) in [6.07, 6.45) is 9.65. The standard InChI is InChI=1S/C18H24N4O/c1-2-16-6-4-3-5-11-22(16)18(23)12-15-7-9-17(10-8-15)21-13-19-20-14-21/h7-10,13-14,16H,2-6,11-12H2,1H3/t16-/m0/s1. The highest BCUT2D eigenvalue weighted by molar-refractivity contribution is 5.79. The number of carbonyl (C=O) groups excluding carboxylic acids is 1. The van der Waals surface area contributed by atoms with Crippen LogP contribution in [-0.2, 0) is 11.2 Å². The number of likely N-dealkylation sites (tertiary alicyclic amines) is 1. The van der Waals surface area contributed by atoms with Crippen molar-refractivity contribution < 1.29 is 4.79 Å². The summed E-state index contributed by atoms with van der Waals surface area (Å²) >= 11 is 0. The average molecular weight is 312 g/mol. The van der Waals surface area contributed by atoms with Gasteiger partial charge in [0.1, 0.15) is 12.7 Å². The minimum Gasteiger partial charge on any atom is -0.339 e. The van der Waals surface area contributed by atoms with Crippen molar-refractivity contribution in [2.24, 2.45) is 0 Å². The number of carbonyl (C=O) groups is 1. The molecule has 1 atom stereocenters. The lowest BCUT2D eigenvalue weighted by atomic mass is 10.1. The van der Waals surface area contributed by atoms with Crippen LogP contribution in [0.3, 0.4) is 0 Å². The Morgan fingerprint density at radius 2 is 1.87 bits per heavy atom. The molecule has 2 heterocycles. The van der Waals surface area contributed by atoms with Gasteiger partial charge in [0.2, 0.25) is 5.91 Å². The minimum atomic E-state index is 0.260. The topological polar surface area (TPSA) is 51.0 Å². The van der Waals surface area contributed by atoms with Crippen molar-refractivity contribution >= 4 is 5.91 Å². The molecule has 2 aromatic rings. The van der Waals surface area contributed by atoms with Crippen molar-refractivity contribution in [1.82, 2.24) is 19.7 Å². The van der Waals surface area contributed by atoms with Crippen LogP contribution in [0.2, 0.25) is 0 Å². The predicted octanol–water partition coefficient (Wildman–Crippen LogP) is 2.99. The third kappa shape index (κ3) is 3.78. The lowest BCUT2D eigenvalue weighted by molar-refractivity contribution is -0.132. The molecule has 5 heteroatoms. The molecule has 0 radical (unpaired) electrons. The third-order valence-corrected chi connectivity index (χ3v) is 4.68. The van der Waals surface area contributed by atoms with Crippen molar-refractivity contribution in [1.29, 1.82) is 0 Å². The van der Waals surface area contributed by atoms with E-state index in [4.69, 9.17) is 0 Å². The molecule has 1 aromatic heterocycles. The quantitative estimate of drug-likeness (QED) is 0.872. The van der Waals surface area contributed by atoms with Gasteiger partial charge in [-0.05, 0) is 37.0 Å². The fourth-order valence-corrected chi connectivity index (χ4v) is 3.33. The molecular formula is C18H24N4O. The van der Waals surface area contributed by atoms with Gasteiger partial charge in [0.15, 0.2) is 0 Å². The fourth-order valence-electron chi connectivity index (χ4n) is 3.33. The van der Waals surface area contributed by atoms with Gasteiger partial charge in [-0.3, -0.25) is 9.36 Å². The Balaban J connectivity index is 1.67. The molecule has 5 nitrogen and oxygen atoms in total. The number of nitrogens with zero attached hydrogens (tertiary/aromatic N) is 4. The summed E-state index contributed by atoms with van der Waals surface area (Å²) in [6.45, 7) is 3.10. The van der Waals surface area contributed by atoms with E-state index in [9.17, 15) is 4.79 Å². The predicted molar refractivity (Wildman–Crippen MR) is 89.3 cm³/mol. The number of amides is 1. The van der Waals surface area contributed by atoms with E-state index in [1.54, 1.807) is 12.7 Å². The van der Waals surface area contributed by atoms with E-state index in [0.717, 1.165) is 37.1 Å². The van der Waals surface area contributed by atoms with Crippen LogP contribution >= 0.6 is 0 Å². The van der Waals surface area contributed by atoms with Crippen LogP contribution in [0.25, 0.3) is 5.69 Å². The van der Waals surface area contributed by atoms with Gasteiger partial charge in [0, 0.05) is 18.3 Å². The van der Waals surface area contributed by atoms with Crippen molar-refractivity contribution in [3.05, 3.63) is 42.5 Å². The van der Waals surface area contributed by atoms with E-state index < -0.39 is 0 Å². The number of rotatable bonds is 4. The molecule has 0 saturated carbocycles. The second-order valence-corrected chi connectivity index (χ2v) is 6.21. The molecule has 0 aliphatic carbocycles. The van der Waals surface area contributed by atoms with Gasteiger partial charge in [-0.1, -0.05) is 31.9 Å². The average Bonchev–Trinajstić information content (AvgIpc) is 3.00. The van der Waals surface area contributed by atoms with Gasteiger partial charge in [0.05, 0.1) is 6.42 Å². The van der Waals surface area contributed by atoms with Crippen LogP contribution in [0.1, 0.15) is 44.6 Å². The first-order valence-corrected chi connectivity index (χ1v) is 8.51. The van der Waals surface area contributed by atoms with Crippen LogP contribution in [0, 0.1) is 0 Å². The Labute approximate surface area is 137 Å².